The lowest BCUT2D eigenvalue weighted by Gasteiger charge is -2.38. The summed E-state index contributed by atoms with van der Waals surface area (Å²) in [6, 6.07) is 6.33. The lowest BCUT2D eigenvalue weighted by atomic mass is 10.0. The molecule has 1 unspecified atom stereocenters. The average molecular weight is 328 g/mol. The van der Waals surface area contributed by atoms with Crippen molar-refractivity contribution in [2.45, 2.75) is 6.04 Å². The van der Waals surface area contributed by atoms with Gasteiger partial charge < -0.3 is 15.4 Å². The normalized spacial score (nSPS) is 19.4. The number of halogens is 1. The summed E-state index contributed by atoms with van der Waals surface area (Å²) in [5.74, 6) is 0.880. The quantitative estimate of drug-likeness (QED) is 0.914. The predicted octanol–water partition coefficient (Wildman–Crippen LogP) is 1.70. The van der Waals surface area contributed by atoms with E-state index in [1.54, 1.807) is 7.11 Å². The van der Waals surface area contributed by atoms with Crippen LogP contribution in [-0.2, 0) is 0 Å². The second-order valence-electron chi connectivity index (χ2n) is 4.98. The average Bonchev–Trinajstić information content (AvgIpc) is 2.43. The molecule has 1 fully saturated rings. The van der Waals surface area contributed by atoms with E-state index in [1.165, 1.54) is 5.56 Å². The summed E-state index contributed by atoms with van der Waals surface area (Å²) >= 11 is 3.63. The van der Waals surface area contributed by atoms with Gasteiger partial charge in [0.1, 0.15) is 5.75 Å². The van der Waals surface area contributed by atoms with Gasteiger partial charge in [-0.2, -0.15) is 0 Å². The largest absolute Gasteiger partial charge is 0.497 e. The Morgan fingerprint density at radius 2 is 2.00 bits per heavy atom. The van der Waals surface area contributed by atoms with Gasteiger partial charge in [-0.1, -0.05) is 15.9 Å². The maximum Gasteiger partial charge on any atom is 0.119 e. The summed E-state index contributed by atoms with van der Waals surface area (Å²) in [6.45, 7) is 4.93. The summed E-state index contributed by atoms with van der Waals surface area (Å²) < 4.78 is 6.42. The molecule has 1 aliphatic heterocycles. The molecule has 1 aromatic carbocycles. The van der Waals surface area contributed by atoms with Gasteiger partial charge in [-0.05, 0) is 30.8 Å². The molecule has 1 aromatic rings. The minimum atomic E-state index is 0.248. The van der Waals surface area contributed by atoms with Gasteiger partial charge in [0.15, 0.2) is 0 Å². The van der Waals surface area contributed by atoms with E-state index in [9.17, 15) is 0 Å². The molecule has 0 bridgehead atoms. The number of benzene rings is 1. The summed E-state index contributed by atoms with van der Waals surface area (Å²) in [4.78, 5) is 4.81. The maximum absolute atomic E-state index is 6.01. The Balaban J connectivity index is 2.21. The summed E-state index contributed by atoms with van der Waals surface area (Å²) in [5.41, 5.74) is 7.23. The van der Waals surface area contributed by atoms with Crippen LogP contribution >= 0.6 is 15.9 Å². The molecular formula is C14H22BrN3O. The van der Waals surface area contributed by atoms with Crippen LogP contribution in [-0.4, -0.2) is 56.7 Å². The van der Waals surface area contributed by atoms with Gasteiger partial charge in [0.05, 0.1) is 7.11 Å². The zero-order chi connectivity index (χ0) is 13.8. The first kappa shape index (κ1) is 14.8. The Kier molecular flexibility index (Phi) is 5.21. The van der Waals surface area contributed by atoms with Crippen LogP contribution in [0.15, 0.2) is 22.7 Å². The van der Waals surface area contributed by atoms with E-state index in [2.05, 4.69) is 38.8 Å². The molecule has 1 atom stereocenters. The van der Waals surface area contributed by atoms with Gasteiger partial charge in [0, 0.05) is 43.2 Å². The molecule has 0 spiro atoms. The number of piperazine rings is 1. The molecule has 0 saturated carbocycles. The van der Waals surface area contributed by atoms with E-state index in [1.807, 2.05) is 12.1 Å². The van der Waals surface area contributed by atoms with Crippen molar-refractivity contribution in [2.24, 2.45) is 5.73 Å². The van der Waals surface area contributed by atoms with Crippen LogP contribution in [0, 0.1) is 0 Å². The molecule has 106 valence electrons. The number of rotatable bonds is 4. The Labute approximate surface area is 123 Å². The van der Waals surface area contributed by atoms with E-state index >= 15 is 0 Å². The van der Waals surface area contributed by atoms with Crippen LogP contribution in [0.5, 0.6) is 5.75 Å². The highest BCUT2D eigenvalue weighted by Crippen LogP contribution is 2.31. The van der Waals surface area contributed by atoms with Crippen LogP contribution in [0.2, 0.25) is 0 Å². The molecule has 5 heteroatoms. The maximum atomic E-state index is 6.01. The predicted molar refractivity (Wildman–Crippen MR) is 81.6 cm³/mol. The topological polar surface area (TPSA) is 41.7 Å². The highest BCUT2D eigenvalue weighted by Gasteiger charge is 2.24. The fraction of sp³-hybridized carbons (Fsp3) is 0.571. The van der Waals surface area contributed by atoms with E-state index in [0.29, 0.717) is 6.54 Å². The standard InChI is InChI=1S/C14H22BrN3O/c1-17-5-7-18(8-6-17)14(10-16)12-9-11(19-2)3-4-13(12)15/h3-4,9,14H,5-8,10,16H2,1-2H3. The van der Waals surface area contributed by atoms with Gasteiger partial charge >= 0.3 is 0 Å². The first-order valence-corrected chi connectivity index (χ1v) is 7.41. The summed E-state index contributed by atoms with van der Waals surface area (Å²) in [7, 11) is 3.86. The molecule has 0 aliphatic carbocycles. The molecule has 1 aliphatic rings. The number of methoxy groups -OCH3 is 1. The van der Waals surface area contributed by atoms with Crippen molar-refractivity contribution in [2.75, 3.05) is 46.9 Å². The Bertz CT molecular complexity index is 419. The molecule has 4 nitrogen and oxygen atoms in total. The third-order valence-corrected chi connectivity index (χ3v) is 4.49. The lowest BCUT2D eigenvalue weighted by Crippen LogP contribution is -2.47. The Morgan fingerprint density at radius 3 is 2.58 bits per heavy atom. The fourth-order valence-electron chi connectivity index (χ4n) is 2.51. The summed E-state index contributed by atoms with van der Waals surface area (Å²) in [6.07, 6.45) is 0. The first-order valence-electron chi connectivity index (χ1n) is 6.61. The smallest absolute Gasteiger partial charge is 0.119 e. The van der Waals surface area contributed by atoms with Crippen LogP contribution in [0.25, 0.3) is 0 Å². The van der Waals surface area contributed by atoms with Crippen molar-refractivity contribution < 1.29 is 4.74 Å². The number of nitrogens with two attached hydrogens (primary N) is 1. The molecule has 1 heterocycles. The number of likely N-dealkylation sites (N-methyl/N-ethyl adjacent to an activating group) is 1. The highest BCUT2D eigenvalue weighted by atomic mass is 79.9. The molecule has 0 aromatic heterocycles. The molecule has 0 amide bonds. The van der Waals surface area contributed by atoms with Gasteiger partial charge in [-0.3, -0.25) is 4.90 Å². The van der Waals surface area contributed by atoms with Gasteiger partial charge in [-0.15, -0.1) is 0 Å². The number of nitrogens with zero attached hydrogens (tertiary/aromatic N) is 2. The zero-order valence-corrected chi connectivity index (χ0v) is 13.2. The third-order valence-electron chi connectivity index (χ3n) is 3.76. The number of hydrogen-bond acceptors (Lipinski definition) is 4. The monoisotopic (exact) mass is 327 g/mol. The minimum absolute atomic E-state index is 0.248. The van der Waals surface area contributed by atoms with E-state index < -0.39 is 0 Å². The third kappa shape index (κ3) is 3.48. The highest BCUT2D eigenvalue weighted by molar-refractivity contribution is 9.10. The van der Waals surface area contributed by atoms with Gasteiger partial charge in [0.25, 0.3) is 0 Å². The molecule has 1 saturated heterocycles. The van der Waals surface area contributed by atoms with E-state index in [4.69, 9.17) is 10.5 Å². The summed E-state index contributed by atoms with van der Waals surface area (Å²) in [5, 5.41) is 0. The number of hydrogen-bond donors (Lipinski definition) is 1. The van der Waals surface area contributed by atoms with Crippen molar-refractivity contribution in [3.05, 3.63) is 28.2 Å². The van der Waals surface area contributed by atoms with Gasteiger partial charge in [0.2, 0.25) is 0 Å². The Hall–Kier alpha value is -0.620. The first-order chi connectivity index (χ1) is 9.15. The lowest BCUT2D eigenvalue weighted by molar-refractivity contribution is 0.114. The van der Waals surface area contributed by atoms with E-state index in [-0.39, 0.29) is 6.04 Å². The Morgan fingerprint density at radius 1 is 1.32 bits per heavy atom. The van der Waals surface area contributed by atoms with Gasteiger partial charge in [-0.25, -0.2) is 0 Å². The molecule has 19 heavy (non-hydrogen) atoms. The number of ether oxygens (including phenoxy) is 1. The van der Waals surface area contributed by atoms with Crippen molar-refractivity contribution in [1.82, 2.24) is 9.80 Å². The van der Waals surface area contributed by atoms with Crippen molar-refractivity contribution in [3.8, 4) is 5.75 Å². The van der Waals surface area contributed by atoms with Crippen LogP contribution < -0.4 is 10.5 Å². The second kappa shape index (κ2) is 6.70. The van der Waals surface area contributed by atoms with Crippen LogP contribution in [0.3, 0.4) is 0 Å². The molecular weight excluding hydrogens is 306 g/mol. The molecule has 2 rings (SSSR count). The van der Waals surface area contributed by atoms with Crippen molar-refractivity contribution in [3.63, 3.8) is 0 Å². The second-order valence-corrected chi connectivity index (χ2v) is 5.83. The van der Waals surface area contributed by atoms with Crippen molar-refractivity contribution in [1.29, 1.82) is 0 Å². The SMILES string of the molecule is COc1ccc(Br)c(C(CN)N2CCN(C)CC2)c1. The van der Waals surface area contributed by atoms with Crippen molar-refractivity contribution >= 4 is 15.9 Å². The minimum Gasteiger partial charge on any atom is -0.497 e. The zero-order valence-electron chi connectivity index (χ0n) is 11.6. The van der Waals surface area contributed by atoms with Crippen LogP contribution in [0.1, 0.15) is 11.6 Å². The van der Waals surface area contributed by atoms with E-state index in [0.717, 1.165) is 36.4 Å². The van der Waals surface area contributed by atoms with Crippen LogP contribution in [0.4, 0.5) is 0 Å². The fourth-order valence-corrected chi connectivity index (χ4v) is 3.02. The molecule has 2 N–H and O–H groups in total. The molecule has 0 radical (unpaired) electrons.